The van der Waals surface area contributed by atoms with Crippen molar-refractivity contribution in [2.24, 2.45) is 5.92 Å². The van der Waals surface area contributed by atoms with Gasteiger partial charge in [0.05, 0.1) is 17.4 Å². The molecule has 0 amide bonds. The second kappa shape index (κ2) is 10.7. The number of carboxylic acid groups (broad SMARTS) is 1. The third-order valence-electron chi connectivity index (χ3n) is 6.25. The summed E-state index contributed by atoms with van der Waals surface area (Å²) in [5, 5.41) is 28.6. The number of hydrogen-bond donors (Lipinski definition) is 2. The van der Waals surface area contributed by atoms with Crippen LogP contribution >= 0.6 is 0 Å². The number of nitrogens with zero attached hydrogens (tertiary/aromatic N) is 3. The van der Waals surface area contributed by atoms with Crippen molar-refractivity contribution in [3.63, 3.8) is 0 Å². The van der Waals surface area contributed by atoms with Gasteiger partial charge in [-0.25, -0.2) is 13.5 Å². The first-order valence-corrected chi connectivity index (χ1v) is 11.5. The molecule has 3 aromatic carbocycles. The summed E-state index contributed by atoms with van der Waals surface area (Å²) in [6.45, 7) is 1.89. The molecule has 36 heavy (non-hydrogen) atoms. The highest BCUT2D eigenvalue weighted by Gasteiger charge is 2.26. The van der Waals surface area contributed by atoms with Crippen LogP contribution < -0.4 is 5.56 Å². The van der Waals surface area contributed by atoms with E-state index in [1.54, 1.807) is 42.5 Å². The summed E-state index contributed by atoms with van der Waals surface area (Å²) in [6, 6.07) is 16.0. The molecular formula is C27H25F2N3O4. The average molecular weight is 494 g/mol. The first-order chi connectivity index (χ1) is 17.2. The summed E-state index contributed by atoms with van der Waals surface area (Å²) in [5.41, 5.74) is 3.16. The first kappa shape index (κ1) is 25.1. The summed E-state index contributed by atoms with van der Waals surface area (Å²) in [7, 11) is 0. The minimum atomic E-state index is -1.16. The number of rotatable bonds is 9. The molecule has 9 heteroatoms. The SMILES string of the molecule is Cc1ccc2c(=O)n(CC[C@H](C(=O)O)[C@H](O)CCc3ccc(-c4ccc(F)c(F)c4)cc3)nnc2c1. The zero-order chi connectivity index (χ0) is 25.8. The van der Waals surface area contributed by atoms with Gasteiger partial charge in [0.15, 0.2) is 11.6 Å². The van der Waals surface area contributed by atoms with Crippen molar-refractivity contribution in [3.05, 3.63) is 93.8 Å². The molecule has 1 heterocycles. The van der Waals surface area contributed by atoms with Crippen LogP contribution in [0.2, 0.25) is 0 Å². The number of aliphatic carboxylic acids is 1. The van der Waals surface area contributed by atoms with Gasteiger partial charge in [-0.15, -0.1) is 5.10 Å². The maximum absolute atomic E-state index is 13.5. The van der Waals surface area contributed by atoms with Gasteiger partial charge in [0.25, 0.3) is 5.56 Å². The van der Waals surface area contributed by atoms with Gasteiger partial charge in [-0.1, -0.05) is 41.6 Å². The van der Waals surface area contributed by atoms with Crippen LogP contribution in [0, 0.1) is 24.5 Å². The molecule has 0 saturated heterocycles. The number of aryl methyl sites for hydroxylation is 3. The molecule has 7 nitrogen and oxygen atoms in total. The van der Waals surface area contributed by atoms with Crippen molar-refractivity contribution in [2.45, 2.75) is 38.8 Å². The average Bonchev–Trinajstić information content (AvgIpc) is 2.86. The molecule has 0 aliphatic rings. The van der Waals surface area contributed by atoms with E-state index in [0.29, 0.717) is 28.5 Å². The monoisotopic (exact) mass is 493 g/mol. The molecule has 186 valence electrons. The van der Waals surface area contributed by atoms with Crippen LogP contribution in [0.5, 0.6) is 0 Å². The summed E-state index contributed by atoms with van der Waals surface area (Å²) in [6.07, 6.45) is -0.519. The highest BCUT2D eigenvalue weighted by molar-refractivity contribution is 5.77. The molecule has 0 bridgehead atoms. The normalized spacial score (nSPS) is 13.0. The lowest BCUT2D eigenvalue weighted by molar-refractivity contribution is -0.146. The standard InChI is InChI=1S/C27H25F2N3O4/c1-16-2-9-20-24(14-16)30-31-32(26(20)34)13-12-21(27(35)36)25(33)11-5-17-3-6-18(7-4-17)19-8-10-22(28)23(29)15-19/h2-4,6-10,14-15,21,25,33H,5,11-13H2,1H3,(H,35,36)/t21-,25+/m0/s1. The number of carbonyl (C=O) groups is 1. The predicted molar refractivity (Wildman–Crippen MR) is 130 cm³/mol. The number of aliphatic hydroxyl groups excluding tert-OH is 1. The minimum Gasteiger partial charge on any atom is -0.481 e. The molecule has 4 aromatic rings. The molecule has 0 radical (unpaired) electrons. The van der Waals surface area contributed by atoms with Crippen molar-refractivity contribution in [2.75, 3.05) is 0 Å². The molecule has 2 N–H and O–H groups in total. The van der Waals surface area contributed by atoms with E-state index >= 15 is 0 Å². The van der Waals surface area contributed by atoms with Gasteiger partial charge in [-0.05, 0) is 72.7 Å². The fourth-order valence-corrected chi connectivity index (χ4v) is 4.13. The Morgan fingerprint density at radius 3 is 2.39 bits per heavy atom. The Morgan fingerprint density at radius 1 is 0.972 bits per heavy atom. The molecule has 1 aromatic heterocycles. The van der Waals surface area contributed by atoms with E-state index in [4.69, 9.17) is 0 Å². The Labute approximate surface area is 205 Å². The molecule has 0 aliphatic carbocycles. The third kappa shape index (κ3) is 5.63. The first-order valence-electron chi connectivity index (χ1n) is 11.5. The van der Waals surface area contributed by atoms with Gasteiger partial charge < -0.3 is 10.2 Å². The minimum absolute atomic E-state index is 0.00655. The maximum Gasteiger partial charge on any atom is 0.309 e. The van der Waals surface area contributed by atoms with E-state index in [0.717, 1.165) is 27.9 Å². The van der Waals surface area contributed by atoms with E-state index < -0.39 is 29.6 Å². The number of benzene rings is 3. The highest BCUT2D eigenvalue weighted by atomic mass is 19.2. The zero-order valence-electron chi connectivity index (χ0n) is 19.6. The summed E-state index contributed by atoms with van der Waals surface area (Å²) in [5.74, 6) is -4.08. The van der Waals surface area contributed by atoms with Gasteiger partial charge in [0, 0.05) is 6.54 Å². The number of aliphatic hydroxyl groups is 1. The second-order valence-corrected chi connectivity index (χ2v) is 8.80. The van der Waals surface area contributed by atoms with Crippen molar-refractivity contribution in [1.29, 1.82) is 0 Å². The van der Waals surface area contributed by atoms with Gasteiger partial charge in [-0.3, -0.25) is 9.59 Å². The van der Waals surface area contributed by atoms with Crippen LogP contribution in [-0.2, 0) is 17.8 Å². The van der Waals surface area contributed by atoms with Gasteiger partial charge in [-0.2, -0.15) is 0 Å². The molecule has 4 rings (SSSR count). The molecular weight excluding hydrogens is 468 g/mol. The smallest absolute Gasteiger partial charge is 0.309 e. The molecule has 0 saturated carbocycles. The highest BCUT2D eigenvalue weighted by Crippen LogP contribution is 2.23. The van der Waals surface area contributed by atoms with Crippen LogP contribution in [0.4, 0.5) is 8.78 Å². The number of fused-ring (bicyclic) bond motifs is 1. The molecule has 0 fully saturated rings. The number of halogens is 2. The molecule has 0 spiro atoms. The topological polar surface area (TPSA) is 105 Å². The van der Waals surface area contributed by atoms with Crippen molar-refractivity contribution >= 4 is 16.9 Å². The Balaban J connectivity index is 1.38. The Hall–Kier alpha value is -3.98. The lowest BCUT2D eigenvalue weighted by Gasteiger charge is -2.19. The summed E-state index contributed by atoms with van der Waals surface area (Å²) < 4.78 is 27.8. The number of aromatic nitrogens is 3. The Kier molecular flexibility index (Phi) is 7.49. The Bertz CT molecular complexity index is 1450. The van der Waals surface area contributed by atoms with Crippen LogP contribution in [-0.4, -0.2) is 37.3 Å². The van der Waals surface area contributed by atoms with Crippen LogP contribution in [0.15, 0.2) is 65.5 Å². The van der Waals surface area contributed by atoms with E-state index in [2.05, 4.69) is 10.3 Å². The van der Waals surface area contributed by atoms with E-state index in [1.807, 2.05) is 6.92 Å². The van der Waals surface area contributed by atoms with Gasteiger partial charge >= 0.3 is 5.97 Å². The largest absolute Gasteiger partial charge is 0.481 e. The molecule has 2 atom stereocenters. The molecule has 0 unspecified atom stereocenters. The summed E-state index contributed by atoms with van der Waals surface area (Å²) >= 11 is 0. The van der Waals surface area contributed by atoms with E-state index in [1.165, 1.54) is 6.07 Å². The lowest BCUT2D eigenvalue weighted by atomic mass is 9.93. The number of carboxylic acids is 1. The van der Waals surface area contributed by atoms with Gasteiger partial charge in [0.2, 0.25) is 0 Å². The Morgan fingerprint density at radius 2 is 1.69 bits per heavy atom. The third-order valence-corrected chi connectivity index (χ3v) is 6.25. The fraction of sp³-hybridized carbons (Fsp3) is 0.259. The van der Waals surface area contributed by atoms with Crippen molar-refractivity contribution < 1.29 is 23.8 Å². The lowest BCUT2D eigenvalue weighted by Crippen LogP contribution is -2.32. The van der Waals surface area contributed by atoms with Gasteiger partial charge in [0.1, 0.15) is 5.52 Å². The summed E-state index contributed by atoms with van der Waals surface area (Å²) in [4.78, 5) is 24.5. The van der Waals surface area contributed by atoms with E-state index in [9.17, 15) is 28.6 Å². The zero-order valence-corrected chi connectivity index (χ0v) is 19.6. The second-order valence-electron chi connectivity index (χ2n) is 8.80. The van der Waals surface area contributed by atoms with Crippen LogP contribution in [0.3, 0.4) is 0 Å². The fourth-order valence-electron chi connectivity index (χ4n) is 4.13. The van der Waals surface area contributed by atoms with Crippen molar-refractivity contribution in [3.8, 4) is 11.1 Å². The molecule has 0 aliphatic heterocycles. The van der Waals surface area contributed by atoms with E-state index in [-0.39, 0.29) is 24.9 Å². The number of hydrogen-bond acceptors (Lipinski definition) is 5. The quantitative estimate of drug-likeness (QED) is 0.363. The predicted octanol–water partition coefficient (Wildman–Crippen LogP) is 4.13. The van der Waals surface area contributed by atoms with Crippen LogP contribution in [0.1, 0.15) is 24.0 Å². The van der Waals surface area contributed by atoms with Crippen molar-refractivity contribution in [1.82, 2.24) is 15.0 Å². The van der Waals surface area contributed by atoms with Crippen LogP contribution in [0.25, 0.3) is 22.0 Å². The maximum atomic E-state index is 13.5.